The maximum atomic E-state index is 6.26. The van der Waals surface area contributed by atoms with E-state index in [1.165, 1.54) is 5.56 Å². The monoisotopic (exact) mass is 280 g/mol. The van der Waals surface area contributed by atoms with E-state index in [4.69, 9.17) is 13.9 Å². The van der Waals surface area contributed by atoms with Crippen molar-refractivity contribution in [3.05, 3.63) is 23.3 Å². The summed E-state index contributed by atoms with van der Waals surface area (Å²) in [6.45, 7) is 14.3. The second-order valence-electron chi connectivity index (χ2n) is 6.71. The van der Waals surface area contributed by atoms with Gasteiger partial charge in [-0.25, -0.2) is 0 Å². The van der Waals surface area contributed by atoms with Crippen LogP contribution in [0.1, 0.15) is 31.9 Å². The summed E-state index contributed by atoms with van der Waals surface area (Å²) in [7, 11) is -1.73. The van der Waals surface area contributed by atoms with Crippen LogP contribution >= 0.6 is 0 Å². The minimum atomic E-state index is -1.73. The van der Waals surface area contributed by atoms with Gasteiger partial charge in [-0.3, -0.25) is 0 Å². The van der Waals surface area contributed by atoms with Gasteiger partial charge in [-0.15, -0.1) is 0 Å². The molecular formula is C15H24O3Si. The Kier molecular flexibility index (Phi) is 3.67. The molecule has 1 aliphatic rings. The van der Waals surface area contributed by atoms with Gasteiger partial charge in [-0.05, 0) is 42.8 Å². The Labute approximate surface area is 117 Å². The molecule has 0 bridgehead atoms. The van der Waals surface area contributed by atoms with Crippen LogP contribution in [0.5, 0.6) is 11.5 Å². The maximum Gasteiger partial charge on any atom is 0.231 e. The van der Waals surface area contributed by atoms with Crippen molar-refractivity contribution < 1.29 is 13.9 Å². The van der Waals surface area contributed by atoms with Gasteiger partial charge < -0.3 is 13.9 Å². The van der Waals surface area contributed by atoms with Crippen molar-refractivity contribution in [1.82, 2.24) is 0 Å². The lowest BCUT2D eigenvalue weighted by Crippen LogP contribution is -2.40. The molecule has 2 rings (SSSR count). The van der Waals surface area contributed by atoms with Crippen LogP contribution < -0.4 is 9.47 Å². The zero-order valence-corrected chi connectivity index (χ0v) is 13.8. The van der Waals surface area contributed by atoms with E-state index in [9.17, 15) is 0 Å². The number of hydrogen-bond donors (Lipinski definition) is 0. The van der Waals surface area contributed by atoms with Gasteiger partial charge >= 0.3 is 0 Å². The maximum absolute atomic E-state index is 6.26. The number of hydrogen-bond acceptors (Lipinski definition) is 3. The van der Waals surface area contributed by atoms with Crippen molar-refractivity contribution in [2.75, 3.05) is 6.79 Å². The van der Waals surface area contributed by atoms with Crippen LogP contribution in [0.4, 0.5) is 0 Å². The van der Waals surface area contributed by atoms with Gasteiger partial charge in [0.25, 0.3) is 0 Å². The molecule has 1 aromatic carbocycles. The third-order valence-corrected chi connectivity index (χ3v) is 8.57. The Hall–Kier alpha value is -1.00. The summed E-state index contributed by atoms with van der Waals surface area (Å²) in [5.74, 6) is 1.69. The fourth-order valence-electron chi connectivity index (χ4n) is 1.82. The largest absolute Gasteiger partial charge is 0.454 e. The van der Waals surface area contributed by atoms with E-state index in [-0.39, 0.29) is 5.04 Å². The molecule has 0 aromatic heterocycles. The molecular weight excluding hydrogens is 256 g/mol. The van der Waals surface area contributed by atoms with Gasteiger partial charge in [-0.2, -0.15) is 0 Å². The highest BCUT2D eigenvalue weighted by Crippen LogP contribution is 2.40. The van der Waals surface area contributed by atoms with Crippen LogP contribution in [-0.2, 0) is 11.0 Å². The Balaban J connectivity index is 2.17. The quantitative estimate of drug-likeness (QED) is 0.775. The van der Waals surface area contributed by atoms with Gasteiger partial charge in [0, 0.05) is 5.56 Å². The van der Waals surface area contributed by atoms with Crippen molar-refractivity contribution in [3.8, 4) is 11.5 Å². The van der Waals surface area contributed by atoms with E-state index in [0.29, 0.717) is 13.4 Å². The predicted molar refractivity (Wildman–Crippen MR) is 79.3 cm³/mol. The van der Waals surface area contributed by atoms with Crippen molar-refractivity contribution in [3.63, 3.8) is 0 Å². The first kappa shape index (κ1) is 14.4. The van der Waals surface area contributed by atoms with Crippen LogP contribution in [0.15, 0.2) is 12.1 Å². The molecule has 106 valence electrons. The van der Waals surface area contributed by atoms with Crippen LogP contribution in [0.25, 0.3) is 0 Å². The Morgan fingerprint density at radius 1 is 1.21 bits per heavy atom. The van der Waals surface area contributed by atoms with Crippen molar-refractivity contribution in [2.24, 2.45) is 0 Å². The van der Waals surface area contributed by atoms with Crippen molar-refractivity contribution in [1.29, 1.82) is 0 Å². The zero-order valence-electron chi connectivity index (χ0n) is 12.8. The first-order chi connectivity index (χ1) is 8.71. The second-order valence-corrected chi connectivity index (χ2v) is 11.5. The van der Waals surface area contributed by atoms with Crippen LogP contribution in [0.3, 0.4) is 0 Å². The highest BCUT2D eigenvalue weighted by molar-refractivity contribution is 6.74. The SMILES string of the molecule is Cc1cc(CO[Si](C)(C)C(C)(C)C)c2c(c1)OCO2. The summed E-state index contributed by atoms with van der Waals surface area (Å²) in [5.41, 5.74) is 2.27. The molecule has 0 amide bonds. The molecule has 3 nitrogen and oxygen atoms in total. The zero-order chi connectivity index (χ0) is 14.3. The molecule has 0 saturated carbocycles. The van der Waals surface area contributed by atoms with Crippen LogP contribution in [0.2, 0.25) is 18.1 Å². The normalized spacial score (nSPS) is 14.8. The van der Waals surface area contributed by atoms with Gasteiger partial charge in [0.1, 0.15) is 0 Å². The topological polar surface area (TPSA) is 27.7 Å². The molecule has 1 aliphatic heterocycles. The lowest BCUT2D eigenvalue weighted by atomic mass is 10.1. The lowest BCUT2D eigenvalue weighted by molar-refractivity contribution is 0.171. The Morgan fingerprint density at radius 3 is 2.53 bits per heavy atom. The minimum absolute atomic E-state index is 0.220. The lowest BCUT2D eigenvalue weighted by Gasteiger charge is -2.36. The van der Waals surface area contributed by atoms with Crippen molar-refractivity contribution in [2.45, 2.75) is 52.4 Å². The summed E-state index contributed by atoms with van der Waals surface area (Å²) in [5, 5.41) is 0.220. The van der Waals surface area contributed by atoms with Crippen molar-refractivity contribution >= 4 is 8.32 Å². The van der Waals surface area contributed by atoms with E-state index in [1.54, 1.807) is 0 Å². The Morgan fingerprint density at radius 2 is 1.89 bits per heavy atom. The van der Waals surface area contributed by atoms with E-state index in [2.05, 4.69) is 46.9 Å². The molecule has 0 saturated heterocycles. The third-order valence-electron chi connectivity index (χ3n) is 4.09. The fourth-order valence-corrected chi connectivity index (χ4v) is 2.77. The molecule has 4 heteroatoms. The summed E-state index contributed by atoms with van der Waals surface area (Å²) in [6.07, 6.45) is 0. The smallest absolute Gasteiger partial charge is 0.231 e. The second kappa shape index (κ2) is 4.83. The number of fused-ring (bicyclic) bond motifs is 1. The molecule has 0 radical (unpaired) electrons. The van der Waals surface area contributed by atoms with Gasteiger partial charge in [0.2, 0.25) is 6.79 Å². The van der Waals surface area contributed by atoms with Crippen LogP contribution in [-0.4, -0.2) is 15.1 Å². The number of rotatable bonds is 3. The molecule has 0 aliphatic carbocycles. The molecule has 19 heavy (non-hydrogen) atoms. The van der Waals surface area contributed by atoms with Crippen LogP contribution in [0, 0.1) is 6.92 Å². The standard InChI is InChI=1S/C15H24O3Si/c1-11-7-12(14-13(8-11)16-10-17-14)9-18-19(5,6)15(2,3)4/h7-8H,9-10H2,1-6H3. The average Bonchev–Trinajstić information content (AvgIpc) is 2.72. The molecule has 1 aromatic rings. The van der Waals surface area contributed by atoms with E-state index in [1.807, 2.05) is 6.07 Å². The Bertz CT molecular complexity index is 475. The van der Waals surface area contributed by atoms with E-state index < -0.39 is 8.32 Å². The first-order valence-corrected chi connectivity index (χ1v) is 9.64. The summed E-state index contributed by atoms with van der Waals surface area (Å²) in [6, 6.07) is 4.14. The molecule has 0 fully saturated rings. The summed E-state index contributed by atoms with van der Waals surface area (Å²) >= 11 is 0. The predicted octanol–water partition coefficient (Wildman–Crippen LogP) is 4.25. The molecule has 0 unspecified atom stereocenters. The van der Waals surface area contributed by atoms with Gasteiger partial charge in [-0.1, -0.05) is 20.8 Å². The first-order valence-electron chi connectivity index (χ1n) is 6.74. The van der Waals surface area contributed by atoms with E-state index in [0.717, 1.165) is 17.1 Å². The number of ether oxygens (including phenoxy) is 2. The summed E-state index contributed by atoms with van der Waals surface area (Å²) < 4.78 is 17.3. The third kappa shape index (κ3) is 2.95. The minimum Gasteiger partial charge on any atom is -0.454 e. The van der Waals surface area contributed by atoms with E-state index >= 15 is 0 Å². The fraction of sp³-hybridized carbons (Fsp3) is 0.600. The number of aryl methyl sites for hydroxylation is 1. The summed E-state index contributed by atoms with van der Waals surface area (Å²) in [4.78, 5) is 0. The highest BCUT2D eigenvalue weighted by atomic mass is 28.4. The molecule has 1 heterocycles. The average molecular weight is 280 g/mol. The van der Waals surface area contributed by atoms with Gasteiger partial charge in [0.15, 0.2) is 19.8 Å². The molecule has 0 spiro atoms. The molecule has 0 atom stereocenters. The van der Waals surface area contributed by atoms with Gasteiger partial charge in [0.05, 0.1) is 6.61 Å². The number of benzene rings is 1. The highest BCUT2D eigenvalue weighted by Gasteiger charge is 2.37. The molecule has 0 N–H and O–H groups in total.